The molecular weight excluding hydrogens is 272 g/mol. The van der Waals surface area contributed by atoms with E-state index in [0.29, 0.717) is 11.3 Å². The summed E-state index contributed by atoms with van der Waals surface area (Å²) in [7, 11) is -3.32. The molecule has 2 rings (SSSR count). The van der Waals surface area contributed by atoms with Gasteiger partial charge in [0.25, 0.3) is 0 Å². The Morgan fingerprint density at radius 3 is 2.70 bits per heavy atom. The molecule has 0 heterocycles. The molecule has 1 aromatic rings. The first kappa shape index (κ1) is 14.9. The molecule has 0 atom stereocenters. The topological polar surface area (TPSA) is 72.2 Å². The third-order valence-electron chi connectivity index (χ3n) is 3.49. The zero-order valence-corrected chi connectivity index (χ0v) is 12.5. The predicted molar refractivity (Wildman–Crippen MR) is 81.9 cm³/mol. The second kappa shape index (κ2) is 6.29. The van der Waals surface area contributed by atoms with E-state index in [1.165, 1.54) is 0 Å². The van der Waals surface area contributed by atoms with E-state index < -0.39 is 10.0 Å². The Kier molecular flexibility index (Phi) is 4.69. The number of nitrogens with two attached hydrogens (primary N) is 1. The molecule has 108 valence electrons. The third kappa shape index (κ3) is 3.53. The second-order valence-corrected chi connectivity index (χ2v) is 7.07. The van der Waals surface area contributed by atoms with E-state index in [1.807, 2.05) is 19.1 Å². The van der Waals surface area contributed by atoms with Crippen LogP contribution in [0.4, 0.5) is 5.69 Å². The fourth-order valence-electron chi connectivity index (χ4n) is 2.43. The molecule has 20 heavy (non-hydrogen) atoms. The Bertz CT molecular complexity index is 636. The van der Waals surface area contributed by atoms with E-state index in [0.717, 1.165) is 31.2 Å². The Labute approximate surface area is 120 Å². The van der Waals surface area contributed by atoms with Crippen LogP contribution in [-0.2, 0) is 10.0 Å². The molecule has 1 aliphatic carbocycles. The van der Waals surface area contributed by atoms with Gasteiger partial charge in [-0.05, 0) is 37.5 Å². The van der Waals surface area contributed by atoms with Crippen LogP contribution < -0.4 is 10.5 Å². The van der Waals surface area contributed by atoms with Crippen molar-refractivity contribution in [2.24, 2.45) is 5.73 Å². The summed E-state index contributed by atoms with van der Waals surface area (Å²) in [6, 6.07) is 5.51. The Morgan fingerprint density at radius 2 is 2.05 bits per heavy atom. The lowest BCUT2D eigenvalue weighted by atomic mass is 10.1. The SMILES string of the molecule is Cc1ccc(NS(=O)(=O)C2CCCC2)c(C#CCN)c1. The lowest BCUT2D eigenvalue weighted by Gasteiger charge is -2.15. The predicted octanol–water partition coefficient (Wildman–Crippen LogP) is 1.99. The minimum Gasteiger partial charge on any atom is -0.320 e. The molecule has 0 aliphatic heterocycles. The maximum Gasteiger partial charge on any atom is 0.235 e. The molecule has 0 unspecified atom stereocenters. The number of aryl methyl sites for hydroxylation is 1. The van der Waals surface area contributed by atoms with Crippen molar-refractivity contribution in [3.8, 4) is 11.8 Å². The smallest absolute Gasteiger partial charge is 0.235 e. The Morgan fingerprint density at radius 1 is 1.35 bits per heavy atom. The number of anilines is 1. The molecule has 1 aromatic carbocycles. The van der Waals surface area contributed by atoms with Gasteiger partial charge in [0.1, 0.15) is 0 Å². The van der Waals surface area contributed by atoms with Gasteiger partial charge < -0.3 is 5.73 Å². The first-order chi connectivity index (χ1) is 9.53. The van der Waals surface area contributed by atoms with Gasteiger partial charge in [-0.2, -0.15) is 0 Å². The van der Waals surface area contributed by atoms with E-state index in [9.17, 15) is 8.42 Å². The molecule has 1 aliphatic rings. The highest BCUT2D eigenvalue weighted by Crippen LogP contribution is 2.27. The average Bonchev–Trinajstić information content (AvgIpc) is 2.93. The molecule has 0 amide bonds. The zero-order chi connectivity index (χ0) is 14.6. The van der Waals surface area contributed by atoms with Crippen LogP contribution in [0.2, 0.25) is 0 Å². The summed E-state index contributed by atoms with van der Waals surface area (Å²) in [6.07, 6.45) is 3.45. The molecule has 0 bridgehead atoms. The minimum absolute atomic E-state index is 0.253. The van der Waals surface area contributed by atoms with Crippen LogP contribution >= 0.6 is 0 Å². The van der Waals surface area contributed by atoms with Crippen molar-refractivity contribution in [3.05, 3.63) is 29.3 Å². The highest BCUT2D eigenvalue weighted by atomic mass is 32.2. The van der Waals surface area contributed by atoms with Crippen molar-refractivity contribution in [3.63, 3.8) is 0 Å². The van der Waals surface area contributed by atoms with E-state index in [-0.39, 0.29) is 11.8 Å². The van der Waals surface area contributed by atoms with Gasteiger partial charge in [0.05, 0.1) is 17.5 Å². The third-order valence-corrected chi connectivity index (χ3v) is 5.35. The molecule has 4 nitrogen and oxygen atoms in total. The highest BCUT2D eigenvalue weighted by molar-refractivity contribution is 7.93. The fraction of sp³-hybridized carbons (Fsp3) is 0.467. The summed E-state index contributed by atoms with van der Waals surface area (Å²) >= 11 is 0. The fourth-order valence-corrected chi connectivity index (χ4v) is 4.04. The normalized spacial score (nSPS) is 15.7. The van der Waals surface area contributed by atoms with Crippen molar-refractivity contribution in [1.82, 2.24) is 0 Å². The first-order valence-corrected chi connectivity index (χ1v) is 8.39. The highest BCUT2D eigenvalue weighted by Gasteiger charge is 2.29. The van der Waals surface area contributed by atoms with Gasteiger partial charge in [0, 0.05) is 5.56 Å². The van der Waals surface area contributed by atoms with Crippen molar-refractivity contribution in [1.29, 1.82) is 0 Å². The number of hydrogen-bond acceptors (Lipinski definition) is 3. The van der Waals surface area contributed by atoms with Gasteiger partial charge in [0.2, 0.25) is 10.0 Å². The molecule has 0 aromatic heterocycles. The van der Waals surface area contributed by atoms with Crippen LogP contribution in [0.5, 0.6) is 0 Å². The summed E-state index contributed by atoms with van der Waals surface area (Å²) in [6.45, 7) is 2.20. The quantitative estimate of drug-likeness (QED) is 0.837. The van der Waals surface area contributed by atoms with Crippen LogP contribution in [0, 0.1) is 18.8 Å². The van der Waals surface area contributed by atoms with Crippen molar-refractivity contribution in [2.75, 3.05) is 11.3 Å². The van der Waals surface area contributed by atoms with E-state index in [4.69, 9.17) is 5.73 Å². The van der Waals surface area contributed by atoms with Crippen molar-refractivity contribution >= 4 is 15.7 Å². The standard InChI is InChI=1S/C15H20N2O2S/c1-12-8-9-15(13(11-12)5-4-10-16)17-20(18,19)14-6-2-3-7-14/h8-9,11,14,17H,2-3,6-7,10,16H2,1H3. The van der Waals surface area contributed by atoms with Gasteiger partial charge in [-0.1, -0.05) is 30.7 Å². The van der Waals surface area contributed by atoms with Crippen LogP contribution in [0.3, 0.4) is 0 Å². The van der Waals surface area contributed by atoms with Gasteiger partial charge >= 0.3 is 0 Å². The van der Waals surface area contributed by atoms with Gasteiger partial charge in [-0.3, -0.25) is 4.72 Å². The summed E-state index contributed by atoms with van der Waals surface area (Å²) in [4.78, 5) is 0. The van der Waals surface area contributed by atoms with E-state index in [2.05, 4.69) is 16.6 Å². The van der Waals surface area contributed by atoms with E-state index in [1.54, 1.807) is 6.07 Å². The summed E-state index contributed by atoms with van der Waals surface area (Å²) in [5, 5.41) is -0.279. The molecule has 0 radical (unpaired) electrons. The minimum atomic E-state index is -3.32. The number of benzene rings is 1. The summed E-state index contributed by atoms with van der Waals surface area (Å²) < 4.78 is 27.4. The average molecular weight is 292 g/mol. The maximum absolute atomic E-state index is 12.3. The Balaban J connectivity index is 2.28. The molecule has 1 fully saturated rings. The van der Waals surface area contributed by atoms with Crippen LogP contribution in [0.1, 0.15) is 36.8 Å². The van der Waals surface area contributed by atoms with Gasteiger partial charge in [0.15, 0.2) is 0 Å². The van der Waals surface area contributed by atoms with Crippen LogP contribution in [0.25, 0.3) is 0 Å². The Hall–Kier alpha value is -1.51. The molecule has 5 heteroatoms. The summed E-state index contributed by atoms with van der Waals surface area (Å²) in [5.41, 5.74) is 7.64. The number of rotatable bonds is 3. The molecular formula is C15H20N2O2S. The van der Waals surface area contributed by atoms with Crippen LogP contribution in [-0.4, -0.2) is 20.2 Å². The van der Waals surface area contributed by atoms with Gasteiger partial charge in [-0.15, -0.1) is 0 Å². The lowest BCUT2D eigenvalue weighted by molar-refractivity contribution is 0.585. The number of hydrogen-bond donors (Lipinski definition) is 2. The number of nitrogens with one attached hydrogen (secondary N) is 1. The van der Waals surface area contributed by atoms with Crippen molar-refractivity contribution in [2.45, 2.75) is 37.9 Å². The summed E-state index contributed by atoms with van der Waals surface area (Å²) in [5.74, 6) is 5.70. The molecule has 3 N–H and O–H groups in total. The molecule has 0 spiro atoms. The monoisotopic (exact) mass is 292 g/mol. The van der Waals surface area contributed by atoms with Crippen molar-refractivity contribution < 1.29 is 8.42 Å². The maximum atomic E-state index is 12.3. The molecule has 1 saturated carbocycles. The number of sulfonamides is 1. The second-order valence-electron chi connectivity index (χ2n) is 5.11. The first-order valence-electron chi connectivity index (χ1n) is 6.84. The molecule has 0 saturated heterocycles. The van der Waals surface area contributed by atoms with Crippen LogP contribution in [0.15, 0.2) is 18.2 Å². The van der Waals surface area contributed by atoms with E-state index >= 15 is 0 Å². The zero-order valence-electron chi connectivity index (χ0n) is 11.6. The lowest BCUT2D eigenvalue weighted by Crippen LogP contribution is -2.25. The largest absolute Gasteiger partial charge is 0.320 e. The van der Waals surface area contributed by atoms with Gasteiger partial charge in [-0.25, -0.2) is 8.42 Å².